The van der Waals surface area contributed by atoms with E-state index in [2.05, 4.69) is 33.0 Å². The van der Waals surface area contributed by atoms with Gasteiger partial charge < -0.3 is 5.32 Å². The number of hydrogen-bond donors (Lipinski definition) is 1. The summed E-state index contributed by atoms with van der Waals surface area (Å²) < 4.78 is 13.9. The first-order valence-electron chi connectivity index (χ1n) is 7.33. The summed E-state index contributed by atoms with van der Waals surface area (Å²) in [6.45, 7) is 9.74. The van der Waals surface area contributed by atoms with E-state index in [1.165, 1.54) is 5.56 Å². The molecule has 0 heterocycles. The Balaban J connectivity index is 2.51. The van der Waals surface area contributed by atoms with Gasteiger partial charge in [0.25, 0.3) is 0 Å². The topological polar surface area (TPSA) is 12.0 Å². The summed E-state index contributed by atoms with van der Waals surface area (Å²) in [5, 5.41) is 5.27. The third kappa shape index (κ3) is 3.37. The van der Waals surface area contributed by atoms with Crippen LogP contribution in [-0.4, -0.2) is 6.54 Å². The number of hydrogen-bond acceptors (Lipinski definition) is 1. The Labute approximate surface area is 121 Å². The molecule has 1 nitrogen and oxygen atoms in total. The van der Waals surface area contributed by atoms with Crippen molar-refractivity contribution in [3.05, 3.63) is 47.8 Å². The van der Waals surface area contributed by atoms with E-state index in [9.17, 15) is 4.39 Å². The van der Waals surface area contributed by atoms with E-state index in [1.807, 2.05) is 30.3 Å². The maximum atomic E-state index is 13.9. The Morgan fingerprint density at radius 2 is 1.70 bits per heavy atom. The van der Waals surface area contributed by atoms with E-state index in [-0.39, 0.29) is 17.3 Å². The minimum atomic E-state index is -0.143. The molecule has 2 rings (SSSR count). The van der Waals surface area contributed by atoms with Crippen LogP contribution in [0.2, 0.25) is 0 Å². The van der Waals surface area contributed by atoms with Crippen LogP contribution in [0.15, 0.2) is 36.4 Å². The summed E-state index contributed by atoms with van der Waals surface area (Å²) in [6.07, 6.45) is 1.02. The molecular weight excluding hydrogens is 249 g/mol. The monoisotopic (exact) mass is 273 g/mol. The van der Waals surface area contributed by atoms with E-state index in [4.69, 9.17) is 0 Å². The summed E-state index contributed by atoms with van der Waals surface area (Å²) in [4.78, 5) is 0. The number of fused-ring (bicyclic) bond motifs is 1. The van der Waals surface area contributed by atoms with Crippen molar-refractivity contribution in [2.45, 2.75) is 40.2 Å². The maximum absolute atomic E-state index is 13.9. The van der Waals surface area contributed by atoms with Gasteiger partial charge in [0.2, 0.25) is 0 Å². The molecule has 20 heavy (non-hydrogen) atoms. The van der Waals surface area contributed by atoms with Gasteiger partial charge in [0.15, 0.2) is 0 Å². The summed E-state index contributed by atoms with van der Waals surface area (Å²) in [5.41, 5.74) is 1.42. The van der Waals surface area contributed by atoms with Gasteiger partial charge in [-0.1, -0.05) is 58.0 Å². The molecule has 0 aliphatic carbocycles. The Hall–Kier alpha value is -1.41. The van der Waals surface area contributed by atoms with E-state index in [1.54, 1.807) is 6.07 Å². The van der Waals surface area contributed by atoms with Crippen molar-refractivity contribution in [3.63, 3.8) is 0 Å². The zero-order valence-electron chi connectivity index (χ0n) is 12.8. The van der Waals surface area contributed by atoms with Gasteiger partial charge >= 0.3 is 0 Å². The molecule has 2 aromatic rings. The molecule has 0 bridgehead atoms. The predicted octanol–water partition coefficient (Wildman–Crippen LogP) is 5.07. The molecule has 1 N–H and O–H groups in total. The van der Waals surface area contributed by atoms with E-state index >= 15 is 0 Å². The second kappa shape index (κ2) is 5.92. The van der Waals surface area contributed by atoms with E-state index in [0.717, 1.165) is 18.4 Å². The lowest BCUT2D eigenvalue weighted by Crippen LogP contribution is -2.25. The van der Waals surface area contributed by atoms with Crippen molar-refractivity contribution in [2.75, 3.05) is 6.54 Å². The molecule has 0 saturated carbocycles. The standard InChI is InChI=1S/C18H24FN/c1-5-20-17(12-18(2,3)4)15-10-11-16(19)14-9-7-6-8-13(14)15/h6-11,17,20H,5,12H2,1-4H3. The van der Waals surface area contributed by atoms with Crippen molar-refractivity contribution >= 4 is 10.8 Å². The molecule has 1 atom stereocenters. The lowest BCUT2D eigenvalue weighted by molar-refractivity contribution is 0.315. The summed E-state index contributed by atoms with van der Waals surface area (Å²) >= 11 is 0. The van der Waals surface area contributed by atoms with Crippen LogP contribution < -0.4 is 5.32 Å². The van der Waals surface area contributed by atoms with Crippen LogP contribution in [0, 0.1) is 11.2 Å². The molecule has 0 aliphatic rings. The van der Waals surface area contributed by atoms with Crippen LogP contribution >= 0.6 is 0 Å². The van der Waals surface area contributed by atoms with Crippen molar-refractivity contribution in [3.8, 4) is 0 Å². The third-order valence-corrected chi connectivity index (χ3v) is 3.55. The highest BCUT2D eigenvalue weighted by Crippen LogP contribution is 2.33. The number of halogens is 1. The summed E-state index contributed by atoms with van der Waals surface area (Å²) in [6, 6.07) is 11.5. The molecule has 108 valence electrons. The minimum absolute atomic E-state index is 0.143. The molecule has 0 fully saturated rings. The molecule has 0 amide bonds. The molecule has 2 aromatic carbocycles. The Morgan fingerprint density at radius 1 is 1.05 bits per heavy atom. The number of rotatable bonds is 4. The Bertz CT molecular complexity index is 583. The largest absolute Gasteiger partial charge is 0.310 e. The van der Waals surface area contributed by atoms with Gasteiger partial charge in [-0.15, -0.1) is 0 Å². The molecule has 0 aromatic heterocycles. The van der Waals surface area contributed by atoms with Gasteiger partial charge in [0.1, 0.15) is 5.82 Å². The smallest absolute Gasteiger partial charge is 0.131 e. The first-order chi connectivity index (χ1) is 9.42. The van der Waals surface area contributed by atoms with Crippen LogP contribution in [-0.2, 0) is 0 Å². The van der Waals surface area contributed by atoms with Gasteiger partial charge in [-0.3, -0.25) is 0 Å². The summed E-state index contributed by atoms with van der Waals surface area (Å²) in [7, 11) is 0. The zero-order chi connectivity index (χ0) is 14.8. The van der Waals surface area contributed by atoms with Crippen molar-refractivity contribution in [1.29, 1.82) is 0 Å². The summed E-state index contributed by atoms with van der Waals surface area (Å²) in [5.74, 6) is -0.143. The third-order valence-electron chi connectivity index (χ3n) is 3.55. The predicted molar refractivity (Wildman–Crippen MR) is 84.4 cm³/mol. The first-order valence-corrected chi connectivity index (χ1v) is 7.33. The Kier molecular flexibility index (Phi) is 4.44. The number of nitrogens with one attached hydrogen (secondary N) is 1. The lowest BCUT2D eigenvalue weighted by Gasteiger charge is -2.28. The van der Waals surface area contributed by atoms with Crippen molar-refractivity contribution < 1.29 is 4.39 Å². The van der Waals surface area contributed by atoms with Gasteiger partial charge in [-0.05, 0) is 35.4 Å². The highest BCUT2D eigenvalue weighted by Gasteiger charge is 2.21. The average molecular weight is 273 g/mol. The second-order valence-electron chi connectivity index (χ2n) is 6.56. The fourth-order valence-electron chi connectivity index (χ4n) is 2.74. The van der Waals surface area contributed by atoms with Crippen molar-refractivity contribution in [2.24, 2.45) is 5.41 Å². The minimum Gasteiger partial charge on any atom is -0.310 e. The fourth-order valence-corrected chi connectivity index (χ4v) is 2.74. The van der Waals surface area contributed by atoms with Gasteiger partial charge in [0.05, 0.1) is 0 Å². The van der Waals surface area contributed by atoms with Crippen LogP contribution in [0.4, 0.5) is 4.39 Å². The molecule has 0 saturated heterocycles. The molecule has 2 heteroatoms. The van der Waals surface area contributed by atoms with Gasteiger partial charge in [0, 0.05) is 11.4 Å². The molecule has 0 aliphatic heterocycles. The van der Waals surface area contributed by atoms with Crippen LogP contribution in [0.3, 0.4) is 0 Å². The van der Waals surface area contributed by atoms with Crippen LogP contribution in [0.1, 0.15) is 45.7 Å². The molecular formula is C18H24FN. The van der Waals surface area contributed by atoms with E-state index < -0.39 is 0 Å². The zero-order valence-corrected chi connectivity index (χ0v) is 12.8. The Morgan fingerprint density at radius 3 is 2.30 bits per heavy atom. The van der Waals surface area contributed by atoms with Crippen molar-refractivity contribution in [1.82, 2.24) is 5.32 Å². The first kappa shape index (κ1) is 15.0. The average Bonchev–Trinajstić information content (AvgIpc) is 2.37. The normalized spacial score (nSPS) is 13.7. The van der Waals surface area contributed by atoms with E-state index in [0.29, 0.717) is 5.39 Å². The van der Waals surface area contributed by atoms with Gasteiger partial charge in [-0.25, -0.2) is 4.39 Å². The maximum Gasteiger partial charge on any atom is 0.131 e. The highest BCUT2D eigenvalue weighted by molar-refractivity contribution is 5.86. The molecule has 0 spiro atoms. The van der Waals surface area contributed by atoms with Crippen LogP contribution in [0.5, 0.6) is 0 Å². The highest BCUT2D eigenvalue weighted by atomic mass is 19.1. The van der Waals surface area contributed by atoms with Gasteiger partial charge in [-0.2, -0.15) is 0 Å². The molecule has 0 radical (unpaired) electrons. The second-order valence-corrected chi connectivity index (χ2v) is 6.56. The number of benzene rings is 2. The quantitative estimate of drug-likeness (QED) is 0.820. The lowest BCUT2D eigenvalue weighted by atomic mass is 9.84. The molecule has 1 unspecified atom stereocenters. The van der Waals surface area contributed by atoms with Crippen LogP contribution in [0.25, 0.3) is 10.8 Å². The fraction of sp³-hybridized carbons (Fsp3) is 0.444. The SMILES string of the molecule is CCNC(CC(C)(C)C)c1ccc(F)c2ccccc12.